The van der Waals surface area contributed by atoms with Gasteiger partial charge in [0.2, 0.25) is 5.91 Å². The van der Waals surface area contributed by atoms with Gasteiger partial charge in [0.15, 0.2) is 11.5 Å². The van der Waals surface area contributed by atoms with E-state index >= 15 is 0 Å². The molecule has 7 rings (SSSR count). The average molecular weight is 519 g/mol. The molecule has 7 heteroatoms. The highest BCUT2D eigenvalue weighted by Crippen LogP contribution is 2.66. The SMILES string of the molecule is CC(C)CN(C(=O)/C=C/c1ccoc1)[C@H]1CC[C@@]2(O)[C@H]3Cc4ccc(O)c5c4[C@@]2(CCN3CC2CC2)[C@H]1O5. The summed E-state index contributed by atoms with van der Waals surface area (Å²) in [6.07, 6.45) is 11.6. The quantitative estimate of drug-likeness (QED) is 0.537. The van der Waals surface area contributed by atoms with Crippen LogP contribution in [0.4, 0.5) is 0 Å². The number of phenols is 1. The highest BCUT2D eigenvalue weighted by atomic mass is 16.5. The van der Waals surface area contributed by atoms with Crippen molar-refractivity contribution >= 4 is 12.0 Å². The molecule has 1 spiro atoms. The van der Waals surface area contributed by atoms with Crippen LogP contribution in [-0.2, 0) is 16.6 Å². The topological polar surface area (TPSA) is 86.4 Å². The molecule has 2 N–H and O–H groups in total. The molecule has 1 aromatic heterocycles. The second-order valence-electron chi connectivity index (χ2n) is 12.7. The molecule has 2 aliphatic heterocycles. The lowest BCUT2D eigenvalue weighted by molar-refractivity contribution is -0.201. The summed E-state index contributed by atoms with van der Waals surface area (Å²) in [5, 5.41) is 23.6. The van der Waals surface area contributed by atoms with Crippen molar-refractivity contribution in [2.75, 3.05) is 19.6 Å². The minimum Gasteiger partial charge on any atom is -0.504 e. The molecule has 3 fully saturated rings. The summed E-state index contributed by atoms with van der Waals surface area (Å²) in [5.41, 5.74) is 1.44. The molecular formula is C31H38N2O5. The third-order valence-electron chi connectivity index (χ3n) is 9.94. The summed E-state index contributed by atoms with van der Waals surface area (Å²) in [6.45, 7) is 6.80. The van der Waals surface area contributed by atoms with Crippen molar-refractivity contribution in [2.24, 2.45) is 11.8 Å². The van der Waals surface area contributed by atoms with Crippen LogP contribution in [0.1, 0.15) is 62.6 Å². The zero-order valence-corrected chi connectivity index (χ0v) is 22.3. The Morgan fingerprint density at radius 3 is 2.82 bits per heavy atom. The van der Waals surface area contributed by atoms with E-state index in [-0.39, 0.29) is 29.7 Å². The summed E-state index contributed by atoms with van der Waals surface area (Å²) < 4.78 is 11.9. The van der Waals surface area contributed by atoms with Gasteiger partial charge in [-0.15, -0.1) is 0 Å². The molecule has 3 aliphatic carbocycles. The van der Waals surface area contributed by atoms with Crippen molar-refractivity contribution in [1.29, 1.82) is 0 Å². The van der Waals surface area contributed by atoms with E-state index in [4.69, 9.17) is 9.15 Å². The average Bonchev–Trinajstić information content (AvgIpc) is 3.40. The van der Waals surface area contributed by atoms with Gasteiger partial charge in [-0.3, -0.25) is 9.69 Å². The van der Waals surface area contributed by atoms with Gasteiger partial charge in [0, 0.05) is 36.3 Å². The molecular weight excluding hydrogens is 480 g/mol. The maximum atomic E-state index is 13.7. The van der Waals surface area contributed by atoms with Gasteiger partial charge in [0.25, 0.3) is 0 Å². The Morgan fingerprint density at radius 2 is 2.08 bits per heavy atom. The summed E-state index contributed by atoms with van der Waals surface area (Å²) in [7, 11) is 0. The van der Waals surface area contributed by atoms with E-state index in [9.17, 15) is 15.0 Å². The van der Waals surface area contributed by atoms with E-state index in [2.05, 4.69) is 18.7 Å². The molecule has 2 aromatic rings. The van der Waals surface area contributed by atoms with Crippen molar-refractivity contribution in [3.8, 4) is 11.5 Å². The van der Waals surface area contributed by atoms with E-state index in [0.717, 1.165) is 43.0 Å². The van der Waals surface area contributed by atoms with Gasteiger partial charge in [0.1, 0.15) is 6.10 Å². The van der Waals surface area contributed by atoms with Crippen LogP contribution in [0.2, 0.25) is 0 Å². The number of nitrogens with zero attached hydrogens (tertiary/aromatic N) is 2. The fourth-order valence-electron chi connectivity index (χ4n) is 8.19. The van der Waals surface area contributed by atoms with E-state index in [1.807, 2.05) is 17.0 Å². The summed E-state index contributed by atoms with van der Waals surface area (Å²) in [5.74, 6) is 1.62. The number of likely N-dealkylation sites (tertiary alicyclic amines) is 1. The number of carbonyl (C=O) groups excluding carboxylic acids is 1. The fraction of sp³-hybridized carbons (Fsp3) is 0.581. The Balaban J connectivity index is 1.30. The number of aromatic hydroxyl groups is 1. The molecule has 0 radical (unpaired) electrons. The zero-order chi connectivity index (χ0) is 26.2. The molecule has 7 nitrogen and oxygen atoms in total. The first-order valence-electron chi connectivity index (χ1n) is 14.3. The standard InChI is InChI=1S/C31H38N2O5/c1-19(2)16-33(26(35)8-5-21-10-14-37-18-21)23-9-11-31(36)25-15-22-6-7-24(34)28-27(22)30(31,29(23)38-28)12-13-32(25)17-20-3-4-20/h5-8,10,14,18-20,23,25,29,34,36H,3-4,9,11-13,15-17H2,1-2H3/b8-5+/t23-,25+,29-,30-,31+/m0/s1. The maximum Gasteiger partial charge on any atom is 0.246 e. The molecule has 5 aliphatic rings. The van der Waals surface area contributed by atoms with Crippen molar-refractivity contribution < 1.29 is 24.2 Å². The number of amides is 1. The summed E-state index contributed by atoms with van der Waals surface area (Å²) in [6, 6.07) is 5.43. The van der Waals surface area contributed by atoms with Crippen LogP contribution >= 0.6 is 0 Å². The molecule has 2 bridgehead atoms. The first-order chi connectivity index (χ1) is 18.3. The number of furan rings is 1. The highest BCUT2D eigenvalue weighted by Gasteiger charge is 2.73. The number of aliphatic hydroxyl groups is 1. The highest BCUT2D eigenvalue weighted by molar-refractivity contribution is 5.92. The van der Waals surface area contributed by atoms with Crippen molar-refractivity contribution in [2.45, 2.75) is 81.6 Å². The van der Waals surface area contributed by atoms with Gasteiger partial charge in [0.05, 0.1) is 29.6 Å². The monoisotopic (exact) mass is 518 g/mol. The van der Waals surface area contributed by atoms with Crippen molar-refractivity contribution in [3.63, 3.8) is 0 Å². The Labute approximate surface area is 224 Å². The second kappa shape index (κ2) is 8.62. The van der Waals surface area contributed by atoms with Crippen molar-refractivity contribution in [3.05, 3.63) is 53.5 Å². The Bertz CT molecular complexity index is 1270. The third-order valence-corrected chi connectivity index (χ3v) is 9.94. The van der Waals surface area contributed by atoms with Gasteiger partial charge >= 0.3 is 0 Å². The third kappa shape index (κ3) is 3.44. The molecule has 202 valence electrons. The van der Waals surface area contributed by atoms with Gasteiger partial charge in [-0.1, -0.05) is 19.9 Å². The largest absolute Gasteiger partial charge is 0.504 e. The van der Waals surface area contributed by atoms with Gasteiger partial charge in [-0.2, -0.15) is 0 Å². The van der Waals surface area contributed by atoms with E-state index in [1.165, 1.54) is 18.4 Å². The number of carbonyl (C=O) groups is 1. The lowest BCUT2D eigenvalue weighted by atomic mass is 9.48. The lowest BCUT2D eigenvalue weighted by Gasteiger charge is -2.65. The van der Waals surface area contributed by atoms with Crippen LogP contribution in [0, 0.1) is 11.8 Å². The maximum absolute atomic E-state index is 13.7. The number of piperidine rings is 1. The summed E-state index contributed by atoms with van der Waals surface area (Å²) in [4.78, 5) is 18.2. The lowest BCUT2D eigenvalue weighted by Crippen LogP contribution is -2.78. The zero-order valence-electron chi connectivity index (χ0n) is 22.3. The Hall–Kier alpha value is -2.77. The minimum absolute atomic E-state index is 0.0297. The number of hydrogen-bond acceptors (Lipinski definition) is 6. The number of benzene rings is 1. The van der Waals surface area contributed by atoms with Crippen LogP contribution in [0.25, 0.3) is 6.08 Å². The first kappa shape index (κ1) is 24.3. The predicted molar refractivity (Wildman–Crippen MR) is 143 cm³/mol. The molecule has 1 amide bonds. The molecule has 1 aromatic carbocycles. The van der Waals surface area contributed by atoms with Crippen LogP contribution in [-0.4, -0.2) is 69.3 Å². The van der Waals surface area contributed by atoms with Crippen LogP contribution in [0.5, 0.6) is 11.5 Å². The Kier molecular flexibility index (Phi) is 5.51. The number of phenolic OH excluding ortho intramolecular Hbond substituents is 1. The van der Waals surface area contributed by atoms with E-state index in [1.54, 1.807) is 30.7 Å². The van der Waals surface area contributed by atoms with Gasteiger partial charge < -0.3 is 24.3 Å². The minimum atomic E-state index is -0.952. The molecule has 0 unspecified atom stereocenters. The Morgan fingerprint density at radius 1 is 1.24 bits per heavy atom. The number of rotatable bonds is 7. The van der Waals surface area contributed by atoms with Gasteiger partial charge in [-0.25, -0.2) is 0 Å². The molecule has 5 atom stereocenters. The smallest absolute Gasteiger partial charge is 0.246 e. The normalized spacial score (nSPS) is 33.4. The van der Waals surface area contributed by atoms with Crippen LogP contribution in [0.15, 0.2) is 41.2 Å². The van der Waals surface area contributed by atoms with E-state index < -0.39 is 17.1 Å². The van der Waals surface area contributed by atoms with Crippen LogP contribution < -0.4 is 4.74 Å². The van der Waals surface area contributed by atoms with E-state index in [0.29, 0.717) is 25.1 Å². The first-order valence-corrected chi connectivity index (χ1v) is 14.3. The second-order valence-corrected chi connectivity index (χ2v) is 12.7. The molecule has 2 saturated carbocycles. The molecule has 1 saturated heterocycles. The molecule has 3 heterocycles. The fourth-order valence-corrected chi connectivity index (χ4v) is 8.19. The van der Waals surface area contributed by atoms with Crippen LogP contribution in [0.3, 0.4) is 0 Å². The summed E-state index contributed by atoms with van der Waals surface area (Å²) >= 11 is 0. The molecule has 38 heavy (non-hydrogen) atoms. The number of ether oxygens (including phenoxy) is 1. The number of hydrogen-bond donors (Lipinski definition) is 2. The van der Waals surface area contributed by atoms with Crippen molar-refractivity contribution in [1.82, 2.24) is 9.80 Å². The predicted octanol–water partition coefficient (Wildman–Crippen LogP) is 4.12. The van der Waals surface area contributed by atoms with Gasteiger partial charge in [-0.05, 0) is 80.7 Å².